The van der Waals surface area contributed by atoms with Gasteiger partial charge in [-0.1, -0.05) is 19.8 Å². The first-order valence-corrected chi connectivity index (χ1v) is 7.10. The molecule has 2 aliphatic rings. The van der Waals surface area contributed by atoms with Crippen LogP contribution in [-0.2, 0) is 9.47 Å². The number of rotatable bonds is 5. The summed E-state index contributed by atoms with van der Waals surface area (Å²) in [5, 5.41) is 3.70. The molecule has 0 amide bonds. The Balaban J connectivity index is 1.74. The van der Waals surface area contributed by atoms with Crippen molar-refractivity contribution in [3.63, 3.8) is 0 Å². The van der Waals surface area contributed by atoms with E-state index in [9.17, 15) is 0 Å². The lowest BCUT2D eigenvalue weighted by atomic mass is 9.89. The van der Waals surface area contributed by atoms with Crippen molar-refractivity contribution in [3.8, 4) is 0 Å². The molecule has 0 bridgehead atoms. The minimum atomic E-state index is 0.237. The second-order valence-corrected chi connectivity index (χ2v) is 5.90. The zero-order valence-corrected chi connectivity index (χ0v) is 11.3. The van der Waals surface area contributed by atoms with Gasteiger partial charge in [0.25, 0.3) is 0 Å². The fourth-order valence-corrected chi connectivity index (χ4v) is 3.28. The predicted molar refractivity (Wildman–Crippen MR) is 69.2 cm³/mol. The van der Waals surface area contributed by atoms with Gasteiger partial charge in [0.2, 0.25) is 0 Å². The van der Waals surface area contributed by atoms with Gasteiger partial charge in [0, 0.05) is 32.9 Å². The zero-order chi connectivity index (χ0) is 12.1. The Morgan fingerprint density at radius 2 is 2.18 bits per heavy atom. The van der Waals surface area contributed by atoms with Crippen LogP contribution < -0.4 is 5.32 Å². The molecule has 1 aliphatic heterocycles. The molecule has 1 heterocycles. The summed E-state index contributed by atoms with van der Waals surface area (Å²) in [5.74, 6) is 0.599. The summed E-state index contributed by atoms with van der Waals surface area (Å²) >= 11 is 0. The SMILES string of the molecule is COCC(C)CNC1CCOC2(CCCC2)C1. The van der Waals surface area contributed by atoms with Crippen LogP contribution >= 0.6 is 0 Å². The molecule has 1 aliphatic carbocycles. The Kier molecular flexibility index (Phi) is 4.83. The highest BCUT2D eigenvalue weighted by atomic mass is 16.5. The first-order chi connectivity index (χ1) is 8.24. The van der Waals surface area contributed by atoms with Crippen LogP contribution in [0.15, 0.2) is 0 Å². The monoisotopic (exact) mass is 241 g/mol. The highest BCUT2D eigenvalue weighted by Crippen LogP contribution is 2.39. The first kappa shape index (κ1) is 13.3. The van der Waals surface area contributed by atoms with E-state index in [-0.39, 0.29) is 5.60 Å². The number of nitrogens with one attached hydrogen (secondary N) is 1. The molecule has 1 spiro atoms. The van der Waals surface area contributed by atoms with Gasteiger partial charge in [0.05, 0.1) is 5.60 Å². The summed E-state index contributed by atoms with van der Waals surface area (Å²) in [6.07, 6.45) is 7.64. The molecular weight excluding hydrogens is 214 g/mol. The molecule has 2 fully saturated rings. The van der Waals surface area contributed by atoms with Crippen molar-refractivity contribution in [2.45, 2.75) is 57.1 Å². The highest BCUT2D eigenvalue weighted by Gasteiger charge is 2.39. The molecule has 0 radical (unpaired) electrons. The molecule has 3 nitrogen and oxygen atoms in total. The number of hydrogen-bond acceptors (Lipinski definition) is 3. The molecular formula is C14H27NO2. The Morgan fingerprint density at radius 3 is 2.88 bits per heavy atom. The zero-order valence-electron chi connectivity index (χ0n) is 11.3. The lowest BCUT2D eigenvalue weighted by Gasteiger charge is -2.39. The van der Waals surface area contributed by atoms with E-state index in [0.717, 1.165) is 19.8 Å². The van der Waals surface area contributed by atoms with Gasteiger partial charge in [0.1, 0.15) is 0 Å². The quantitative estimate of drug-likeness (QED) is 0.801. The second-order valence-electron chi connectivity index (χ2n) is 5.90. The van der Waals surface area contributed by atoms with Crippen LogP contribution in [0.1, 0.15) is 45.4 Å². The van der Waals surface area contributed by atoms with Gasteiger partial charge in [-0.3, -0.25) is 0 Å². The molecule has 2 atom stereocenters. The van der Waals surface area contributed by atoms with Gasteiger partial charge < -0.3 is 14.8 Å². The smallest absolute Gasteiger partial charge is 0.0697 e. The third kappa shape index (κ3) is 3.67. The van der Waals surface area contributed by atoms with E-state index in [2.05, 4.69) is 12.2 Å². The van der Waals surface area contributed by atoms with Crippen LogP contribution in [0.5, 0.6) is 0 Å². The van der Waals surface area contributed by atoms with E-state index < -0.39 is 0 Å². The maximum atomic E-state index is 6.05. The summed E-state index contributed by atoms with van der Waals surface area (Å²) < 4.78 is 11.2. The molecule has 2 rings (SSSR count). The molecule has 2 unspecified atom stereocenters. The Bertz CT molecular complexity index is 226. The largest absolute Gasteiger partial charge is 0.384 e. The van der Waals surface area contributed by atoms with Gasteiger partial charge in [0.15, 0.2) is 0 Å². The third-order valence-electron chi connectivity index (χ3n) is 4.21. The van der Waals surface area contributed by atoms with Crippen LogP contribution in [0.25, 0.3) is 0 Å². The van der Waals surface area contributed by atoms with E-state index in [0.29, 0.717) is 12.0 Å². The molecule has 0 aromatic rings. The van der Waals surface area contributed by atoms with Crippen molar-refractivity contribution < 1.29 is 9.47 Å². The van der Waals surface area contributed by atoms with Crippen molar-refractivity contribution in [2.24, 2.45) is 5.92 Å². The van der Waals surface area contributed by atoms with Crippen LogP contribution in [0, 0.1) is 5.92 Å². The molecule has 3 heteroatoms. The van der Waals surface area contributed by atoms with Gasteiger partial charge in [-0.05, 0) is 31.6 Å². The van der Waals surface area contributed by atoms with Crippen LogP contribution in [0.4, 0.5) is 0 Å². The van der Waals surface area contributed by atoms with Gasteiger partial charge >= 0.3 is 0 Å². The molecule has 1 N–H and O–H groups in total. The molecule has 1 saturated carbocycles. The maximum absolute atomic E-state index is 6.05. The minimum Gasteiger partial charge on any atom is -0.384 e. The normalized spacial score (nSPS) is 29.6. The molecule has 1 saturated heterocycles. The Hall–Kier alpha value is -0.120. The standard InChI is InChI=1S/C14H27NO2/c1-12(11-16-2)10-15-13-5-8-17-14(9-13)6-3-4-7-14/h12-13,15H,3-11H2,1-2H3. The highest BCUT2D eigenvalue weighted by molar-refractivity contribution is 4.93. The fraction of sp³-hybridized carbons (Fsp3) is 1.00. The van der Waals surface area contributed by atoms with Gasteiger partial charge in [-0.15, -0.1) is 0 Å². The Morgan fingerprint density at radius 1 is 1.41 bits per heavy atom. The fourth-order valence-electron chi connectivity index (χ4n) is 3.28. The Labute approximate surface area is 105 Å². The lowest BCUT2D eigenvalue weighted by Crippen LogP contribution is -2.46. The molecule has 17 heavy (non-hydrogen) atoms. The van der Waals surface area contributed by atoms with Gasteiger partial charge in [-0.25, -0.2) is 0 Å². The average Bonchev–Trinajstić information content (AvgIpc) is 2.75. The topological polar surface area (TPSA) is 30.5 Å². The summed E-state index contributed by atoms with van der Waals surface area (Å²) in [7, 11) is 1.78. The van der Waals surface area contributed by atoms with Gasteiger partial charge in [-0.2, -0.15) is 0 Å². The minimum absolute atomic E-state index is 0.237. The van der Waals surface area contributed by atoms with Crippen molar-refractivity contribution >= 4 is 0 Å². The first-order valence-electron chi connectivity index (χ1n) is 7.10. The number of ether oxygens (including phenoxy) is 2. The van der Waals surface area contributed by atoms with Crippen LogP contribution in [-0.4, -0.2) is 38.5 Å². The summed E-state index contributed by atoms with van der Waals surface area (Å²) in [6, 6.07) is 0.654. The molecule has 0 aromatic carbocycles. The summed E-state index contributed by atoms with van der Waals surface area (Å²) in [5.41, 5.74) is 0.237. The van der Waals surface area contributed by atoms with Crippen LogP contribution in [0.2, 0.25) is 0 Å². The van der Waals surface area contributed by atoms with Crippen molar-refractivity contribution in [1.82, 2.24) is 5.32 Å². The third-order valence-corrected chi connectivity index (χ3v) is 4.21. The predicted octanol–water partition coefficient (Wildman–Crippen LogP) is 2.35. The molecule has 100 valence electrons. The number of methoxy groups -OCH3 is 1. The maximum Gasteiger partial charge on any atom is 0.0697 e. The van der Waals surface area contributed by atoms with Crippen molar-refractivity contribution in [3.05, 3.63) is 0 Å². The number of hydrogen-bond donors (Lipinski definition) is 1. The van der Waals surface area contributed by atoms with Crippen LogP contribution in [0.3, 0.4) is 0 Å². The lowest BCUT2D eigenvalue weighted by molar-refractivity contribution is -0.0839. The average molecular weight is 241 g/mol. The van der Waals surface area contributed by atoms with E-state index in [1.807, 2.05) is 0 Å². The van der Waals surface area contributed by atoms with Crippen molar-refractivity contribution in [2.75, 3.05) is 26.9 Å². The van der Waals surface area contributed by atoms with Crippen molar-refractivity contribution in [1.29, 1.82) is 0 Å². The summed E-state index contributed by atoms with van der Waals surface area (Å²) in [6.45, 7) is 5.09. The van der Waals surface area contributed by atoms with E-state index in [1.54, 1.807) is 7.11 Å². The van der Waals surface area contributed by atoms with E-state index in [1.165, 1.54) is 38.5 Å². The van der Waals surface area contributed by atoms with E-state index in [4.69, 9.17) is 9.47 Å². The van der Waals surface area contributed by atoms with E-state index >= 15 is 0 Å². The molecule has 0 aromatic heterocycles. The summed E-state index contributed by atoms with van der Waals surface area (Å²) in [4.78, 5) is 0. The second kappa shape index (κ2) is 6.17.